The molecule has 2 aromatic rings. The molecule has 2 aliphatic rings. The van der Waals surface area contributed by atoms with Crippen molar-refractivity contribution in [2.75, 3.05) is 5.73 Å². The number of hydrogen-bond donors (Lipinski definition) is 2. The second-order valence-electron chi connectivity index (χ2n) is 6.04. The van der Waals surface area contributed by atoms with Crippen LogP contribution in [-0.2, 0) is 0 Å². The fraction of sp³-hybridized carbons (Fsp3) is 0.105. The lowest BCUT2D eigenvalue weighted by molar-refractivity contribution is 0.0969. The SMILES string of the molecule is C[C@H](N)C(=O)c1cccc2c(=O)cc3oc4cc(N)ccc4nc-3c12. The number of nitrogens with zero attached hydrogens (tertiary/aromatic N) is 1. The zero-order chi connectivity index (χ0) is 17.7. The predicted molar refractivity (Wildman–Crippen MR) is 96.8 cm³/mol. The van der Waals surface area contributed by atoms with Crippen LogP contribution in [0.15, 0.2) is 51.7 Å². The molecule has 2 aromatic carbocycles. The lowest BCUT2D eigenvalue weighted by Gasteiger charge is -2.13. The van der Waals surface area contributed by atoms with Gasteiger partial charge in [-0.25, -0.2) is 4.98 Å². The molecule has 1 aliphatic carbocycles. The number of carbonyl (C=O) groups excluding carboxylic acids is 1. The zero-order valence-corrected chi connectivity index (χ0v) is 13.4. The summed E-state index contributed by atoms with van der Waals surface area (Å²) in [7, 11) is 0. The number of nitrogens with two attached hydrogens (primary N) is 2. The van der Waals surface area contributed by atoms with E-state index < -0.39 is 6.04 Å². The van der Waals surface area contributed by atoms with Crippen molar-refractivity contribution in [2.45, 2.75) is 13.0 Å². The van der Waals surface area contributed by atoms with E-state index in [-0.39, 0.29) is 11.2 Å². The maximum atomic E-state index is 12.5. The van der Waals surface area contributed by atoms with Gasteiger partial charge in [0.1, 0.15) is 11.2 Å². The number of fused-ring (bicyclic) bond motifs is 4. The molecule has 0 unspecified atom stereocenters. The molecule has 6 heteroatoms. The molecular weight excluding hydrogens is 318 g/mol. The monoisotopic (exact) mass is 333 g/mol. The highest BCUT2D eigenvalue weighted by atomic mass is 16.3. The maximum Gasteiger partial charge on any atom is 0.190 e. The number of ketones is 1. The van der Waals surface area contributed by atoms with Crippen LogP contribution in [0.4, 0.5) is 5.69 Å². The van der Waals surface area contributed by atoms with Gasteiger partial charge in [-0.1, -0.05) is 18.2 Å². The van der Waals surface area contributed by atoms with Crippen LogP contribution >= 0.6 is 0 Å². The van der Waals surface area contributed by atoms with Gasteiger partial charge in [-0.2, -0.15) is 0 Å². The molecule has 0 saturated heterocycles. The van der Waals surface area contributed by atoms with Crippen LogP contribution < -0.4 is 16.9 Å². The summed E-state index contributed by atoms with van der Waals surface area (Å²) in [5, 5.41) is 0.881. The van der Waals surface area contributed by atoms with Crippen LogP contribution in [0.1, 0.15) is 17.3 Å². The van der Waals surface area contributed by atoms with Gasteiger partial charge < -0.3 is 15.9 Å². The smallest absolute Gasteiger partial charge is 0.190 e. The highest BCUT2D eigenvalue weighted by Crippen LogP contribution is 2.33. The van der Waals surface area contributed by atoms with Crippen molar-refractivity contribution in [3.63, 3.8) is 0 Å². The van der Waals surface area contributed by atoms with Gasteiger partial charge in [0, 0.05) is 34.2 Å². The minimum atomic E-state index is -0.687. The van der Waals surface area contributed by atoms with E-state index in [0.717, 1.165) is 0 Å². The van der Waals surface area contributed by atoms with Gasteiger partial charge in [-0.15, -0.1) is 0 Å². The van der Waals surface area contributed by atoms with Crippen molar-refractivity contribution >= 4 is 33.3 Å². The number of carbonyl (C=O) groups is 1. The molecule has 0 radical (unpaired) electrons. The van der Waals surface area contributed by atoms with E-state index >= 15 is 0 Å². The maximum absolute atomic E-state index is 12.5. The van der Waals surface area contributed by atoms with Crippen LogP contribution in [0, 0.1) is 0 Å². The molecule has 1 heterocycles. The van der Waals surface area contributed by atoms with Crippen molar-refractivity contribution in [1.82, 2.24) is 4.98 Å². The second-order valence-corrected chi connectivity index (χ2v) is 6.04. The highest BCUT2D eigenvalue weighted by molar-refractivity contribution is 6.14. The van der Waals surface area contributed by atoms with Gasteiger partial charge in [0.05, 0.1) is 6.04 Å². The molecule has 0 saturated carbocycles. The molecule has 124 valence electrons. The molecule has 6 nitrogen and oxygen atoms in total. The van der Waals surface area contributed by atoms with Gasteiger partial charge in [-0.3, -0.25) is 9.59 Å². The fourth-order valence-corrected chi connectivity index (χ4v) is 2.98. The summed E-state index contributed by atoms with van der Waals surface area (Å²) in [5.74, 6) is 0.0530. The number of hydrogen-bond acceptors (Lipinski definition) is 6. The summed E-state index contributed by atoms with van der Waals surface area (Å²) in [6, 6.07) is 10.8. The Morgan fingerprint density at radius 3 is 2.76 bits per heavy atom. The van der Waals surface area contributed by atoms with Crippen molar-refractivity contribution in [1.29, 1.82) is 0 Å². The Morgan fingerprint density at radius 1 is 1.20 bits per heavy atom. The Hall–Kier alpha value is -3.25. The van der Waals surface area contributed by atoms with Crippen molar-refractivity contribution in [3.05, 3.63) is 58.3 Å². The van der Waals surface area contributed by atoms with E-state index in [1.165, 1.54) is 6.07 Å². The van der Waals surface area contributed by atoms with Crippen LogP contribution in [0.25, 0.3) is 33.3 Å². The third kappa shape index (κ3) is 2.35. The van der Waals surface area contributed by atoms with E-state index in [2.05, 4.69) is 4.98 Å². The van der Waals surface area contributed by atoms with Crippen molar-refractivity contribution in [3.8, 4) is 11.5 Å². The topological polar surface area (TPSA) is 112 Å². The predicted octanol–water partition coefficient (Wildman–Crippen LogP) is 2.56. The Morgan fingerprint density at radius 2 is 2.00 bits per heavy atom. The minimum absolute atomic E-state index is 0.240. The first-order valence-electron chi connectivity index (χ1n) is 7.81. The molecule has 0 amide bonds. The lowest BCUT2D eigenvalue weighted by atomic mass is 9.95. The fourth-order valence-electron chi connectivity index (χ4n) is 2.98. The second kappa shape index (κ2) is 5.39. The third-order valence-corrected chi connectivity index (χ3v) is 4.18. The molecule has 4 N–H and O–H groups in total. The Balaban J connectivity index is 2.20. The normalized spacial score (nSPS) is 12.7. The lowest BCUT2D eigenvalue weighted by Crippen LogP contribution is -2.27. The van der Waals surface area contributed by atoms with E-state index in [1.54, 1.807) is 43.3 Å². The molecule has 4 rings (SSSR count). The van der Waals surface area contributed by atoms with E-state index in [0.29, 0.717) is 44.6 Å². The molecule has 0 bridgehead atoms. The summed E-state index contributed by atoms with van der Waals surface area (Å²) in [6.07, 6.45) is 0. The van der Waals surface area contributed by atoms with Crippen LogP contribution in [-0.4, -0.2) is 16.8 Å². The Bertz CT molecular complexity index is 1180. The molecule has 0 aromatic heterocycles. The molecular formula is C19H15N3O3. The number of Topliss-reactive ketones (excluding diaryl/α,β-unsaturated/α-hetero) is 1. The first kappa shape index (κ1) is 15.3. The van der Waals surface area contributed by atoms with Crippen LogP contribution in [0.5, 0.6) is 0 Å². The van der Waals surface area contributed by atoms with Gasteiger partial charge >= 0.3 is 0 Å². The first-order valence-corrected chi connectivity index (χ1v) is 7.81. The first-order chi connectivity index (χ1) is 12.0. The summed E-state index contributed by atoms with van der Waals surface area (Å²) < 4.78 is 5.83. The highest BCUT2D eigenvalue weighted by Gasteiger charge is 2.22. The number of benzene rings is 3. The van der Waals surface area contributed by atoms with E-state index in [9.17, 15) is 9.59 Å². The molecule has 1 atom stereocenters. The van der Waals surface area contributed by atoms with Crippen LogP contribution in [0.2, 0.25) is 0 Å². The van der Waals surface area contributed by atoms with Crippen molar-refractivity contribution < 1.29 is 9.21 Å². The number of aromatic nitrogens is 1. The molecule has 0 spiro atoms. The minimum Gasteiger partial charge on any atom is -0.453 e. The summed E-state index contributed by atoms with van der Waals surface area (Å²) in [5.41, 5.74) is 13.7. The van der Waals surface area contributed by atoms with E-state index in [4.69, 9.17) is 15.9 Å². The number of nitrogen functional groups attached to an aromatic ring is 1. The molecule has 25 heavy (non-hydrogen) atoms. The summed E-state index contributed by atoms with van der Waals surface area (Å²) in [6.45, 7) is 1.61. The number of anilines is 1. The number of rotatable bonds is 2. The Labute approximate surface area is 142 Å². The third-order valence-electron chi connectivity index (χ3n) is 4.18. The quantitative estimate of drug-likeness (QED) is 0.252. The summed E-state index contributed by atoms with van der Waals surface area (Å²) in [4.78, 5) is 29.6. The van der Waals surface area contributed by atoms with E-state index in [1.807, 2.05) is 0 Å². The van der Waals surface area contributed by atoms with Gasteiger partial charge in [0.25, 0.3) is 0 Å². The standard InChI is InChI=1S/C19H15N3O3/c1-9(20)19(24)12-4-2-3-11-14(23)8-16-18(17(11)12)22-13-6-5-10(21)7-15(13)25-16/h2-9H,20-21H2,1H3/t9-/m0/s1. The Kier molecular flexibility index (Phi) is 3.30. The largest absolute Gasteiger partial charge is 0.453 e. The molecule has 0 fully saturated rings. The zero-order valence-electron chi connectivity index (χ0n) is 13.4. The average molecular weight is 333 g/mol. The van der Waals surface area contributed by atoms with Gasteiger partial charge in [0.15, 0.2) is 22.6 Å². The van der Waals surface area contributed by atoms with Crippen molar-refractivity contribution in [2.24, 2.45) is 5.73 Å². The average Bonchev–Trinajstić information content (AvgIpc) is 2.59. The van der Waals surface area contributed by atoms with Gasteiger partial charge in [-0.05, 0) is 19.1 Å². The molecule has 1 aliphatic heterocycles. The summed E-state index contributed by atoms with van der Waals surface area (Å²) >= 11 is 0. The van der Waals surface area contributed by atoms with Gasteiger partial charge in [0.2, 0.25) is 0 Å². The van der Waals surface area contributed by atoms with Crippen LogP contribution in [0.3, 0.4) is 0 Å².